The van der Waals surface area contributed by atoms with Crippen LogP contribution in [0.15, 0.2) is 12.2 Å². The van der Waals surface area contributed by atoms with Crippen molar-refractivity contribution < 1.29 is 19.4 Å². The summed E-state index contributed by atoms with van der Waals surface area (Å²) in [6, 6.07) is 0. The summed E-state index contributed by atoms with van der Waals surface area (Å²) in [4.78, 5) is 10.4. The molecule has 0 saturated carbocycles. The lowest BCUT2D eigenvalue weighted by Gasteiger charge is -1.96. The average molecular weight is 202 g/mol. The molecule has 0 aromatic rings. The van der Waals surface area contributed by atoms with Gasteiger partial charge in [0.1, 0.15) is 0 Å². The summed E-state index contributed by atoms with van der Waals surface area (Å²) in [5.41, 5.74) is 0.451. The highest BCUT2D eigenvalue weighted by atomic mass is 16.6. The second-order valence-corrected chi connectivity index (χ2v) is 2.97. The Morgan fingerprint density at radius 3 is 2.50 bits per heavy atom. The van der Waals surface area contributed by atoms with Gasteiger partial charge >= 0.3 is 5.97 Å². The number of aliphatic hydroxyl groups excluding tert-OH is 1. The summed E-state index contributed by atoms with van der Waals surface area (Å²) >= 11 is 0. The summed E-state index contributed by atoms with van der Waals surface area (Å²) in [6.07, 6.45) is 1.38. The minimum absolute atomic E-state index is 0.312. The second kappa shape index (κ2) is 7.53. The van der Waals surface area contributed by atoms with Crippen molar-refractivity contribution in [1.29, 1.82) is 0 Å². The predicted molar refractivity (Wildman–Crippen MR) is 52.6 cm³/mol. The van der Waals surface area contributed by atoms with Gasteiger partial charge in [0.25, 0.3) is 0 Å². The maximum atomic E-state index is 10.4. The molecule has 1 atom stereocenters. The molecule has 82 valence electrons. The summed E-state index contributed by atoms with van der Waals surface area (Å²) in [7, 11) is 0. The maximum absolute atomic E-state index is 10.4. The van der Waals surface area contributed by atoms with Crippen molar-refractivity contribution in [1.82, 2.24) is 0 Å². The van der Waals surface area contributed by atoms with Crippen LogP contribution < -0.4 is 0 Å². The van der Waals surface area contributed by atoms with Crippen molar-refractivity contribution in [2.75, 3.05) is 13.2 Å². The van der Waals surface area contributed by atoms with E-state index in [0.717, 1.165) is 19.4 Å². The molecule has 0 amide bonds. The molecular formula is C10H18O4. The normalized spacial score (nSPS) is 19.5. The smallest absolute Gasteiger partial charge is 0.333 e. The third-order valence-corrected chi connectivity index (χ3v) is 1.53. The molecule has 0 bridgehead atoms. The second-order valence-electron chi connectivity index (χ2n) is 2.97. The van der Waals surface area contributed by atoms with Gasteiger partial charge < -0.3 is 14.6 Å². The molecule has 4 heteroatoms. The third-order valence-electron chi connectivity index (χ3n) is 1.53. The Kier molecular flexibility index (Phi) is 7.06. The number of carbonyl (C=O) groups is 1. The SMILES string of the molecule is C=C(C)C(=O)OCC.OC1CCCO1. The van der Waals surface area contributed by atoms with E-state index in [1.165, 1.54) is 0 Å². The molecular weight excluding hydrogens is 184 g/mol. The van der Waals surface area contributed by atoms with Gasteiger partial charge in [0.15, 0.2) is 6.29 Å². The van der Waals surface area contributed by atoms with Crippen molar-refractivity contribution in [2.24, 2.45) is 0 Å². The summed E-state index contributed by atoms with van der Waals surface area (Å²) in [5, 5.41) is 8.51. The van der Waals surface area contributed by atoms with Gasteiger partial charge in [0, 0.05) is 18.6 Å². The lowest BCUT2D eigenvalue weighted by atomic mass is 10.4. The minimum atomic E-state index is -0.454. The number of carbonyl (C=O) groups excluding carboxylic acids is 1. The monoisotopic (exact) mass is 202 g/mol. The molecule has 1 fully saturated rings. The van der Waals surface area contributed by atoms with Crippen LogP contribution in [0.2, 0.25) is 0 Å². The first-order valence-electron chi connectivity index (χ1n) is 4.70. The Balaban J connectivity index is 0.000000249. The minimum Gasteiger partial charge on any atom is -0.463 e. The van der Waals surface area contributed by atoms with Crippen LogP contribution in [0.5, 0.6) is 0 Å². The predicted octanol–water partition coefficient (Wildman–Crippen LogP) is 1.24. The maximum Gasteiger partial charge on any atom is 0.333 e. The Bertz CT molecular complexity index is 183. The van der Waals surface area contributed by atoms with Gasteiger partial charge in [0.2, 0.25) is 0 Å². The number of hydrogen-bond acceptors (Lipinski definition) is 4. The van der Waals surface area contributed by atoms with E-state index >= 15 is 0 Å². The molecule has 0 spiro atoms. The summed E-state index contributed by atoms with van der Waals surface area (Å²) in [6.45, 7) is 7.95. The highest BCUT2D eigenvalue weighted by Crippen LogP contribution is 2.07. The molecule has 4 nitrogen and oxygen atoms in total. The fraction of sp³-hybridized carbons (Fsp3) is 0.700. The van der Waals surface area contributed by atoms with Gasteiger partial charge in [-0.3, -0.25) is 0 Å². The van der Waals surface area contributed by atoms with Crippen molar-refractivity contribution in [3.63, 3.8) is 0 Å². The molecule has 1 N–H and O–H groups in total. The fourth-order valence-corrected chi connectivity index (χ4v) is 0.815. The zero-order chi connectivity index (χ0) is 11.0. The molecule has 1 heterocycles. The Morgan fingerprint density at radius 2 is 2.36 bits per heavy atom. The first kappa shape index (κ1) is 13.1. The van der Waals surface area contributed by atoms with Crippen LogP contribution in [0, 0.1) is 0 Å². The van der Waals surface area contributed by atoms with Crippen LogP contribution in [-0.2, 0) is 14.3 Å². The average Bonchev–Trinajstić information content (AvgIpc) is 2.57. The van der Waals surface area contributed by atoms with Crippen molar-refractivity contribution >= 4 is 5.97 Å². The number of esters is 1. The van der Waals surface area contributed by atoms with E-state index in [0.29, 0.717) is 12.2 Å². The highest BCUT2D eigenvalue weighted by Gasteiger charge is 2.09. The van der Waals surface area contributed by atoms with E-state index in [4.69, 9.17) is 9.84 Å². The van der Waals surface area contributed by atoms with Gasteiger partial charge in [-0.2, -0.15) is 0 Å². The van der Waals surface area contributed by atoms with E-state index in [1.807, 2.05) is 0 Å². The summed E-state index contributed by atoms with van der Waals surface area (Å²) < 4.78 is 9.27. The van der Waals surface area contributed by atoms with Gasteiger partial charge in [0.05, 0.1) is 6.61 Å². The Labute approximate surface area is 84.5 Å². The van der Waals surface area contributed by atoms with Crippen LogP contribution in [0.1, 0.15) is 26.7 Å². The van der Waals surface area contributed by atoms with E-state index in [1.54, 1.807) is 13.8 Å². The van der Waals surface area contributed by atoms with E-state index in [2.05, 4.69) is 11.3 Å². The van der Waals surface area contributed by atoms with Crippen LogP contribution in [0.4, 0.5) is 0 Å². The van der Waals surface area contributed by atoms with Crippen molar-refractivity contribution in [3.8, 4) is 0 Å². The molecule has 0 aromatic carbocycles. The van der Waals surface area contributed by atoms with Crippen LogP contribution in [-0.4, -0.2) is 30.6 Å². The standard InChI is InChI=1S/C6H10O2.C4H8O2/c1-4-8-6(7)5(2)3;5-4-2-1-3-6-4/h2,4H2,1,3H3;4-5H,1-3H2. The molecule has 1 rings (SSSR count). The van der Waals surface area contributed by atoms with Gasteiger partial charge in [-0.1, -0.05) is 6.58 Å². The summed E-state index contributed by atoms with van der Waals surface area (Å²) in [5.74, 6) is -0.312. The van der Waals surface area contributed by atoms with Gasteiger partial charge in [-0.05, 0) is 20.3 Å². The number of rotatable bonds is 2. The largest absolute Gasteiger partial charge is 0.463 e. The molecule has 1 aliphatic rings. The van der Waals surface area contributed by atoms with Crippen molar-refractivity contribution in [2.45, 2.75) is 33.0 Å². The molecule has 0 radical (unpaired) electrons. The fourth-order valence-electron chi connectivity index (χ4n) is 0.815. The van der Waals surface area contributed by atoms with Crippen LogP contribution in [0.25, 0.3) is 0 Å². The molecule has 0 aliphatic carbocycles. The molecule has 1 unspecified atom stereocenters. The highest BCUT2D eigenvalue weighted by molar-refractivity contribution is 5.86. The molecule has 14 heavy (non-hydrogen) atoms. The lowest BCUT2D eigenvalue weighted by Crippen LogP contribution is -2.03. The first-order chi connectivity index (χ1) is 6.57. The quantitative estimate of drug-likeness (QED) is 0.540. The van der Waals surface area contributed by atoms with Gasteiger partial charge in [-0.25, -0.2) is 4.79 Å². The van der Waals surface area contributed by atoms with E-state index in [-0.39, 0.29) is 5.97 Å². The number of hydrogen-bond donors (Lipinski definition) is 1. The van der Waals surface area contributed by atoms with Crippen molar-refractivity contribution in [3.05, 3.63) is 12.2 Å². The molecule has 1 aliphatic heterocycles. The molecule has 1 saturated heterocycles. The third kappa shape index (κ3) is 6.62. The Hall–Kier alpha value is -0.870. The van der Waals surface area contributed by atoms with E-state index in [9.17, 15) is 4.79 Å². The zero-order valence-corrected chi connectivity index (χ0v) is 8.78. The van der Waals surface area contributed by atoms with Crippen LogP contribution in [0.3, 0.4) is 0 Å². The first-order valence-corrected chi connectivity index (χ1v) is 4.70. The molecule has 0 aromatic heterocycles. The van der Waals surface area contributed by atoms with E-state index < -0.39 is 6.29 Å². The number of aliphatic hydroxyl groups is 1. The Morgan fingerprint density at radius 1 is 1.71 bits per heavy atom. The zero-order valence-electron chi connectivity index (χ0n) is 8.78. The van der Waals surface area contributed by atoms with Crippen LogP contribution >= 0.6 is 0 Å². The number of ether oxygens (including phenoxy) is 2. The van der Waals surface area contributed by atoms with Gasteiger partial charge in [-0.15, -0.1) is 0 Å². The lowest BCUT2D eigenvalue weighted by molar-refractivity contribution is -0.138. The topological polar surface area (TPSA) is 55.8 Å².